The Bertz CT molecular complexity index is 3460. The van der Waals surface area contributed by atoms with Gasteiger partial charge in [-0.05, 0) is 98.6 Å². The van der Waals surface area contributed by atoms with Gasteiger partial charge in [0.05, 0.1) is 21.3 Å². The summed E-state index contributed by atoms with van der Waals surface area (Å²) in [7, 11) is 0. The van der Waals surface area contributed by atoms with Crippen LogP contribution in [0.1, 0.15) is 37.0 Å². The minimum atomic E-state index is -0.555. The Morgan fingerprint density at radius 2 is 1.25 bits per heavy atom. The van der Waals surface area contributed by atoms with Gasteiger partial charge in [0.25, 0.3) is 0 Å². The van der Waals surface area contributed by atoms with Crippen LogP contribution in [0.25, 0.3) is 86.7 Å². The molecule has 0 saturated heterocycles. The summed E-state index contributed by atoms with van der Waals surface area (Å²) in [4.78, 5) is 10.7. The van der Waals surface area contributed by atoms with Crippen molar-refractivity contribution in [1.29, 1.82) is 0 Å². The van der Waals surface area contributed by atoms with Crippen LogP contribution in [0.4, 0.5) is 0 Å². The van der Waals surface area contributed by atoms with Gasteiger partial charge in [0.1, 0.15) is 11.5 Å². The summed E-state index contributed by atoms with van der Waals surface area (Å²) >= 11 is 1.77. The number of fused-ring (bicyclic) bond motifs is 12. The van der Waals surface area contributed by atoms with Gasteiger partial charge in [0.15, 0.2) is 5.82 Å². The maximum absolute atomic E-state index is 6.74. The predicted octanol–water partition coefficient (Wildman–Crippen LogP) is 15.1. The molecule has 1 atom stereocenters. The third-order valence-corrected chi connectivity index (χ3v) is 13.8. The molecule has 1 aliphatic carbocycles. The first-order valence-corrected chi connectivity index (χ1v) is 21.6. The fraction of sp³-hybridized carbons (Fsp3) is 0.0714. The number of aromatic nitrogens is 2. The molecule has 2 aromatic heterocycles. The molecule has 0 bridgehead atoms. The summed E-state index contributed by atoms with van der Waals surface area (Å²) in [6.45, 7) is 4.34. The van der Waals surface area contributed by atoms with Crippen LogP contribution in [0.5, 0.6) is 5.75 Å². The minimum absolute atomic E-state index is 0.555. The quantitative estimate of drug-likeness (QED) is 0.178. The topological polar surface area (TPSA) is 35.0 Å². The summed E-state index contributed by atoms with van der Waals surface area (Å²) < 4.78 is 9.05. The molecule has 0 N–H and O–H groups in total. The van der Waals surface area contributed by atoms with Gasteiger partial charge in [-0.25, -0.2) is 9.97 Å². The third-order valence-electron chi connectivity index (χ3n) is 12.6. The molecule has 0 amide bonds. The van der Waals surface area contributed by atoms with E-state index >= 15 is 0 Å². The van der Waals surface area contributed by atoms with Gasteiger partial charge in [0, 0.05) is 32.3 Å². The lowest BCUT2D eigenvalue weighted by Crippen LogP contribution is -2.35. The second-order valence-electron chi connectivity index (χ2n) is 15.8. The van der Waals surface area contributed by atoms with Crippen molar-refractivity contribution < 1.29 is 4.74 Å². The SMILES string of the molecule is CC=C1/C(=C\CC)Oc2ccccc2C12c1cc3ccccc3cc1-c1c(-c3ccc(-c4nc(-c5cccc6ccccc56)nc5c4sc4ccccc45)cc3)cccc12. The van der Waals surface area contributed by atoms with Gasteiger partial charge in [-0.1, -0.05) is 159 Å². The van der Waals surface area contributed by atoms with Crippen molar-refractivity contribution in [2.45, 2.75) is 25.7 Å². The van der Waals surface area contributed by atoms with Gasteiger partial charge in [-0.3, -0.25) is 0 Å². The van der Waals surface area contributed by atoms with E-state index in [9.17, 15) is 0 Å². The van der Waals surface area contributed by atoms with E-state index in [1.807, 2.05) is 0 Å². The van der Waals surface area contributed by atoms with E-state index in [1.165, 1.54) is 59.8 Å². The van der Waals surface area contributed by atoms with E-state index in [0.717, 1.165) is 67.1 Å². The van der Waals surface area contributed by atoms with E-state index in [1.54, 1.807) is 11.3 Å². The first-order valence-electron chi connectivity index (χ1n) is 20.8. The number of hydrogen-bond acceptors (Lipinski definition) is 4. The lowest BCUT2D eigenvalue weighted by molar-refractivity contribution is 0.387. The first-order chi connectivity index (χ1) is 29.6. The van der Waals surface area contributed by atoms with Crippen LogP contribution in [0.15, 0.2) is 193 Å². The molecule has 3 heterocycles. The Morgan fingerprint density at radius 3 is 2.08 bits per heavy atom. The van der Waals surface area contributed by atoms with Crippen molar-refractivity contribution in [3.63, 3.8) is 0 Å². The highest BCUT2D eigenvalue weighted by atomic mass is 32.1. The molecule has 2 aliphatic rings. The van der Waals surface area contributed by atoms with Gasteiger partial charge in [-0.2, -0.15) is 0 Å². The van der Waals surface area contributed by atoms with Crippen LogP contribution in [-0.4, -0.2) is 9.97 Å². The molecular weight excluding hydrogens is 749 g/mol. The number of thiophene rings is 1. The van der Waals surface area contributed by atoms with Crippen LogP contribution >= 0.6 is 11.3 Å². The van der Waals surface area contributed by atoms with Gasteiger partial charge >= 0.3 is 0 Å². The van der Waals surface area contributed by atoms with Crippen LogP contribution < -0.4 is 4.74 Å². The van der Waals surface area contributed by atoms with E-state index < -0.39 is 5.41 Å². The highest BCUT2D eigenvalue weighted by molar-refractivity contribution is 7.26. The summed E-state index contributed by atoms with van der Waals surface area (Å²) in [6, 6.07) is 61.7. The first kappa shape index (κ1) is 34.9. The van der Waals surface area contributed by atoms with Crippen molar-refractivity contribution in [2.24, 2.45) is 0 Å². The van der Waals surface area contributed by atoms with E-state index in [0.29, 0.717) is 0 Å². The Labute approximate surface area is 352 Å². The second-order valence-corrected chi connectivity index (χ2v) is 16.8. The zero-order chi connectivity index (χ0) is 40.0. The summed E-state index contributed by atoms with van der Waals surface area (Å²) in [5.41, 5.74) is 13.3. The average Bonchev–Trinajstić information content (AvgIpc) is 3.81. The molecule has 0 radical (unpaired) electrons. The van der Waals surface area contributed by atoms with Crippen molar-refractivity contribution in [3.8, 4) is 50.6 Å². The van der Waals surface area contributed by atoms with E-state index in [4.69, 9.17) is 14.7 Å². The normalized spacial score (nSPS) is 16.8. The number of para-hydroxylation sites is 1. The fourth-order valence-electron chi connectivity index (χ4n) is 10.1. The zero-order valence-electron chi connectivity index (χ0n) is 33.2. The highest BCUT2D eigenvalue weighted by Crippen LogP contribution is 2.63. The van der Waals surface area contributed by atoms with Crippen molar-refractivity contribution in [2.75, 3.05) is 0 Å². The molecular formula is C56H38N2OS. The van der Waals surface area contributed by atoms with Crippen molar-refractivity contribution >= 4 is 53.2 Å². The lowest BCUT2D eigenvalue weighted by atomic mass is 9.64. The Morgan fingerprint density at radius 1 is 0.583 bits per heavy atom. The van der Waals surface area contributed by atoms with E-state index in [-0.39, 0.29) is 0 Å². The Balaban J connectivity index is 1.08. The largest absolute Gasteiger partial charge is 0.457 e. The lowest BCUT2D eigenvalue weighted by Gasteiger charge is -2.41. The number of allylic oxidation sites excluding steroid dienone is 3. The maximum atomic E-state index is 6.74. The molecule has 1 spiro atoms. The number of nitrogens with zero attached hydrogens (tertiary/aromatic N) is 2. The third kappa shape index (κ3) is 4.95. The number of rotatable bonds is 4. The predicted molar refractivity (Wildman–Crippen MR) is 251 cm³/mol. The van der Waals surface area contributed by atoms with Gasteiger partial charge < -0.3 is 4.74 Å². The van der Waals surface area contributed by atoms with Crippen LogP contribution in [0.2, 0.25) is 0 Å². The molecule has 0 saturated carbocycles. The van der Waals surface area contributed by atoms with Gasteiger partial charge in [0.2, 0.25) is 0 Å². The van der Waals surface area contributed by atoms with E-state index in [2.05, 4.69) is 196 Å². The second kappa shape index (κ2) is 13.5. The minimum Gasteiger partial charge on any atom is -0.457 e. The molecule has 284 valence electrons. The average molecular weight is 787 g/mol. The summed E-state index contributed by atoms with van der Waals surface area (Å²) in [5, 5.41) is 5.94. The molecule has 0 fully saturated rings. The molecule has 4 heteroatoms. The molecule has 12 rings (SSSR count). The number of benzene rings is 8. The number of ether oxygens (including phenoxy) is 1. The van der Waals surface area contributed by atoms with Crippen LogP contribution in [-0.2, 0) is 5.41 Å². The molecule has 1 aliphatic heterocycles. The standard InChI is InChI=1S/C56H38N2OS/c1-3-15-48-44(4-2)56(45-24-10-11-26-49(45)59-48)46-25-14-22-40(51(46)43-32-37-17-5-6-18-38(37)33-47(43)56)35-28-30-36(31-29-35)52-54-53(42-21-9-12-27-50(42)60-54)58-55(57-52)41-23-13-19-34-16-7-8-20-39(34)41/h4-33H,3H2,1-2H3/b44-4?,48-15+. The Hall–Kier alpha value is -7.14. The highest BCUT2D eigenvalue weighted by Gasteiger charge is 2.53. The molecule has 1 unspecified atom stereocenters. The molecule has 3 nitrogen and oxygen atoms in total. The molecule has 10 aromatic rings. The van der Waals surface area contributed by atoms with Crippen molar-refractivity contribution in [1.82, 2.24) is 9.97 Å². The smallest absolute Gasteiger partial charge is 0.161 e. The Kier molecular flexibility index (Phi) is 7.82. The van der Waals surface area contributed by atoms with Crippen LogP contribution in [0, 0.1) is 0 Å². The number of hydrogen-bond donors (Lipinski definition) is 0. The van der Waals surface area contributed by atoms with Crippen LogP contribution in [0.3, 0.4) is 0 Å². The van der Waals surface area contributed by atoms with Crippen molar-refractivity contribution in [3.05, 3.63) is 210 Å². The zero-order valence-corrected chi connectivity index (χ0v) is 34.1. The monoisotopic (exact) mass is 786 g/mol. The van der Waals surface area contributed by atoms with Gasteiger partial charge in [-0.15, -0.1) is 11.3 Å². The summed E-state index contributed by atoms with van der Waals surface area (Å²) in [5.74, 6) is 2.58. The molecule has 60 heavy (non-hydrogen) atoms. The fourth-order valence-corrected chi connectivity index (χ4v) is 11.2. The molecule has 8 aromatic carbocycles. The maximum Gasteiger partial charge on any atom is 0.161 e. The summed E-state index contributed by atoms with van der Waals surface area (Å²) in [6.07, 6.45) is 5.38.